The quantitative estimate of drug-likeness (QED) is 0.476. The van der Waals surface area contributed by atoms with E-state index in [0.29, 0.717) is 5.88 Å². The number of aliphatic hydroxyl groups excluding tert-OH is 1. The molecule has 0 saturated heterocycles. The van der Waals surface area contributed by atoms with Gasteiger partial charge in [-0.15, -0.1) is 18.2 Å². The highest BCUT2D eigenvalue weighted by atomic mass is 35.5. The third-order valence-corrected chi connectivity index (χ3v) is 1.58. The maximum atomic E-state index is 9.01. The molecule has 0 aliphatic rings. The summed E-state index contributed by atoms with van der Waals surface area (Å²) in [4.78, 5) is 0. The second-order valence-electron chi connectivity index (χ2n) is 2.12. The van der Waals surface area contributed by atoms with Gasteiger partial charge in [-0.05, 0) is 13.3 Å². The van der Waals surface area contributed by atoms with E-state index in [1.54, 1.807) is 13.0 Å². The molecule has 0 rings (SSSR count). The molecule has 0 aliphatic heterocycles. The minimum Gasteiger partial charge on any atom is -0.393 e. The summed E-state index contributed by atoms with van der Waals surface area (Å²) in [5.74, 6) is 0.740. The normalized spacial score (nSPS) is 16.8. The van der Waals surface area contributed by atoms with Gasteiger partial charge < -0.3 is 5.11 Å². The lowest BCUT2D eigenvalue weighted by molar-refractivity contribution is 0.147. The predicted molar refractivity (Wildman–Crippen MR) is 40.7 cm³/mol. The molecule has 0 aromatic carbocycles. The summed E-state index contributed by atoms with van der Waals surface area (Å²) in [6.45, 7) is 5.33. The molecule has 0 fully saturated rings. The molecular formula is C7H13ClO. The van der Waals surface area contributed by atoms with Crippen LogP contribution in [0.1, 0.15) is 13.3 Å². The summed E-state index contributed by atoms with van der Waals surface area (Å²) >= 11 is 5.46. The van der Waals surface area contributed by atoms with Crippen molar-refractivity contribution in [3.05, 3.63) is 12.7 Å². The van der Waals surface area contributed by atoms with Gasteiger partial charge in [-0.2, -0.15) is 0 Å². The lowest BCUT2D eigenvalue weighted by Crippen LogP contribution is -2.14. The SMILES string of the molecule is C=C[C@H](CCCl)[C@@H](C)O. The number of alkyl halides is 1. The highest BCUT2D eigenvalue weighted by Gasteiger charge is 2.08. The molecule has 0 saturated carbocycles. The average molecular weight is 149 g/mol. The van der Waals surface area contributed by atoms with Gasteiger partial charge >= 0.3 is 0 Å². The molecule has 1 nitrogen and oxygen atoms in total. The zero-order chi connectivity index (χ0) is 7.28. The zero-order valence-electron chi connectivity index (χ0n) is 5.68. The Kier molecular flexibility index (Phi) is 4.83. The summed E-state index contributed by atoms with van der Waals surface area (Å²) < 4.78 is 0. The largest absolute Gasteiger partial charge is 0.393 e. The summed E-state index contributed by atoms with van der Waals surface area (Å²) in [5.41, 5.74) is 0. The molecule has 0 unspecified atom stereocenters. The van der Waals surface area contributed by atoms with Gasteiger partial charge in [-0.1, -0.05) is 6.08 Å². The fourth-order valence-corrected chi connectivity index (χ4v) is 0.934. The van der Waals surface area contributed by atoms with Crippen molar-refractivity contribution in [3.8, 4) is 0 Å². The van der Waals surface area contributed by atoms with Crippen LogP contribution in [0, 0.1) is 5.92 Å². The van der Waals surface area contributed by atoms with E-state index in [2.05, 4.69) is 6.58 Å². The highest BCUT2D eigenvalue weighted by Crippen LogP contribution is 2.10. The van der Waals surface area contributed by atoms with Crippen LogP contribution in [0.3, 0.4) is 0 Å². The topological polar surface area (TPSA) is 20.2 Å². The maximum absolute atomic E-state index is 9.01. The first-order chi connectivity index (χ1) is 4.22. The van der Waals surface area contributed by atoms with Gasteiger partial charge in [0, 0.05) is 11.8 Å². The van der Waals surface area contributed by atoms with Gasteiger partial charge in [0.2, 0.25) is 0 Å². The minimum atomic E-state index is -0.318. The van der Waals surface area contributed by atoms with Crippen LogP contribution in [-0.2, 0) is 0 Å². The molecule has 54 valence electrons. The highest BCUT2D eigenvalue weighted by molar-refractivity contribution is 6.17. The van der Waals surface area contributed by atoms with Crippen LogP contribution in [-0.4, -0.2) is 17.1 Å². The van der Waals surface area contributed by atoms with E-state index in [0.717, 1.165) is 6.42 Å². The van der Waals surface area contributed by atoms with E-state index in [1.807, 2.05) is 0 Å². The second-order valence-corrected chi connectivity index (χ2v) is 2.50. The molecule has 0 spiro atoms. The molecular weight excluding hydrogens is 136 g/mol. The molecule has 9 heavy (non-hydrogen) atoms. The van der Waals surface area contributed by atoms with E-state index in [9.17, 15) is 0 Å². The smallest absolute Gasteiger partial charge is 0.0574 e. The molecule has 0 aliphatic carbocycles. The van der Waals surface area contributed by atoms with Crippen LogP contribution in [0.25, 0.3) is 0 Å². The van der Waals surface area contributed by atoms with Gasteiger partial charge in [0.05, 0.1) is 6.10 Å². The van der Waals surface area contributed by atoms with Crippen molar-refractivity contribution in [2.75, 3.05) is 5.88 Å². The molecule has 0 aromatic heterocycles. The first kappa shape index (κ1) is 8.99. The Bertz CT molecular complexity index is 81.0. The molecule has 0 radical (unpaired) electrons. The maximum Gasteiger partial charge on any atom is 0.0574 e. The van der Waals surface area contributed by atoms with Crippen LogP contribution < -0.4 is 0 Å². The van der Waals surface area contributed by atoms with Crippen molar-refractivity contribution in [1.82, 2.24) is 0 Å². The molecule has 2 heteroatoms. The Hall–Kier alpha value is -0.0100. The van der Waals surface area contributed by atoms with Gasteiger partial charge in [0.15, 0.2) is 0 Å². The molecule has 0 heterocycles. The Morgan fingerprint density at radius 2 is 2.33 bits per heavy atom. The Balaban J connectivity index is 3.54. The number of aliphatic hydroxyl groups is 1. The van der Waals surface area contributed by atoms with Crippen molar-refractivity contribution in [2.24, 2.45) is 5.92 Å². The van der Waals surface area contributed by atoms with Crippen LogP contribution >= 0.6 is 11.6 Å². The minimum absolute atomic E-state index is 0.155. The number of rotatable bonds is 4. The van der Waals surface area contributed by atoms with Gasteiger partial charge in [0.1, 0.15) is 0 Å². The van der Waals surface area contributed by atoms with E-state index in [1.165, 1.54) is 0 Å². The van der Waals surface area contributed by atoms with Gasteiger partial charge in [-0.25, -0.2) is 0 Å². The summed E-state index contributed by atoms with van der Waals surface area (Å²) in [7, 11) is 0. The summed E-state index contributed by atoms with van der Waals surface area (Å²) in [5, 5.41) is 9.01. The van der Waals surface area contributed by atoms with Crippen molar-refractivity contribution in [1.29, 1.82) is 0 Å². The van der Waals surface area contributed by atoms with Gasteiger partial charge in [0.25, 0.3) is 0 Å². The monoisotopic (exact) mass is 148 g/mol. The molecule has 1 N–H and O–H groups in total. The van der Waals surface area contributed by atoms with Crippen molar-refractivity contribution >= 4 is 11.6 Å². The summed E-state index contributed by atoms with van der Waals surface area (Å²) in [6.07, 6.45) is 2.23. The third kappa shape index (κ3) is 3.55. The molecule has 0 aromatic rings. The van der Waals surface area contributed by atoms with Crippen LogP contribution in [0.5, 0.6) is 0 Å². The predicted octanol–water partition coefficient (Wildman–Crippen LogP) is 1.80. The van der Waals surface area contributed by atoms with E-state index in [4.69, 9.17) is 16.7 Å². The first-order valence-corrected chi connectivity index (χ1v) is 3.62. The summed E-state index contributed by atoms with van der Waals surface area (Å²) in [6, 6.07) is 0. The zero-order valence-corrected chi connectivity index (χ0v) is 6.43. The molecule has 0 bridgehead atoms. The Morgan fingerprint density at radius 1 is 1.78 bits per heavy atom. The fourth-order valence-electron chi connectivity index (χ4n) is 0.682. The Labute approximate surface area is 61.3 Å². The van der Waals surface area contributed by atoms with Crippen molar-refractivity contribution in [3.63, 3.8) is 0 Å². The fraction of sp³-hybridized carbons (Fsp3) is 0.714. The molecule has 2 atom stereocenters. The number of halogens is 1. The lowest BCUT2D eigenvalue weighted by atomic mass is 10.0. The first-order valence-electron chi connectivity index (χ1n) is 3.09. The van der Waals surface area contributed by atoms with Crippen LogP contribution in [0.2, 0.25) is 0 Å². The van der Waals surface area contributed by atoms with E-state index in [-0.39, 0.29) is 12.0 Å². The average Bonchev–Trinajstić information content (AvgIpc) is 1.82. The van der Waals surface area contributed by atoms with Crippen LogP contribution in [0.15, 0.2) is 12.7 Å². The second kappa shape index (κ2) is 4.83. The van der Waals surface area contributed by atoms with Crippen molar-refractivity contribution in [2.45, 2.75) is 19.4 Å². The Morgan fingerprint density at radius 3 is 2.44 bits per heavy atom. The van der Waals surface area contributed by atoms with Crippen molar-refractivity contribution < 1.29 is 5.11 Å². The third-order valence-electron chi connectivity index (χ3n) is 1.36. The van der Waals surface area contributed by atoms with Crippen LogP contribution in [0.4, 0.5) is 0 Å². The lowest BCUT2D eigenvalue weighted by Gasteiger charge is -2.12. The number of hydrogen-bond acceptors (Lipinski definition) is 1. The number of hydrogen-bond donors (Lipinski definition) is 1. The van der Waals surface area contributed by atoms with E-state index < -0.39 is 0 Å². The molecule has 0 amide bonds. The van der Waals surface area contributed by atoms with Gasteiger partial charge in [-0.3, -0.25) is 0 Å². The standard InChI is InChI=1S/C7H13ClO/c1-3-7(4-5-8)6(2)9/h3,6-7,9H,1,4-5H2,2H3/t6-,7-/m1/s1. The van der Waals surface area contributed by atoms with E-state index >= 15 is 0 Å².